The topological polar surface area (TPSA) is 62.4 Å². The Kier molecular flexibility index (Phi) is 6.31. The van der Waals surface area contributed by atoms with Crippen LogP contribution in [0, 0.1) is 23.2 Å². The number of carbonyl (C=O) groups excluding carboxylic acids is 1. The number of nitrogens with zero attached hydrogens (tertiary/aromatic N) is 2. The highest BCUT2D eigenvalue weighted by atomic mass is 16.7. The van der Waals surface area contributed by atoms with Gasteiger partial charge in [0.2, 0.25) is 0 Å². The van der Waals surface area contributed by atoms with Gasteiger partial charge in [-0.1, -0.05) is 30.8 Å². The van der Waals surface area contributed by atoms with E-state index in [4.69, 9.17) is 5.26 Å². The smallest absolute Gasteiger partial charge is 0.319 e. The molecule has 2 atom stereocenters. The van der Waals surface area contributed by atoms with Crippen molar-refractivity contribution in [3.05, 3.63) is 0 Å². The number of oxime groups is 1. The van der Waals surface area contributed by atoms with Gasteiger partial charge in [-0.05, 0) is 25.2 Å². The number of hydrogen-bond donors (Lipinski definition) is 0. The van der Waals surface area contributed by atoms with Gasteiger partial charge in [-0.15, -0.1) is 0 Å². The Morgan fingerprint density at radius 3 is 2.71 bits per heavy atom. The average molecular weight is 236 g/mol. The summed E-state index contributed by atoms with van der Waals surface area (Å²) < 4.78 is 0. The maximum atomic E-state index is 10.6. The van der Waals surface area contributed by atoms with Crippen LogP contribution in [-0.2, 0) is 9.63 Å². The summed E-state index contributed by atoms with van der Waals surface area (Å²) >= 11 is 0. The quantitative estimate of drug-likeness (QED) is 0.420. The van der Waals surface area contributed by atoms with Crippen LogP contribution in [0.4, 0.5) is 0 Å². The highest BCUT2D eigenvalue weighted by Gasteiger charge is 2.16. The van der Waals surface area contributed by atoms with Crippen molar-refractivity contribution in [1.82, 2.24) is 0 Å². The molecule has 0 radical (unpaired) electrons. The van der Waals surface area contributed by atoms with E-state index in [2.05, 4.69) is 16.1 Å². The lowest BCUT2D eigenvalue weighted by molar-refractivity contribution is -0.140. The van der Waals surface area contributed by atoms with Crippen molar-refractivity contribution < 1.29 is 9.63 Å². The second-order valence-corrected chi connectivity index (χ2v) is 4.65. The van der Waals surface area contributed by atoms with Crippen molar-refractivity contribution in [2.75, 3.05) is 0 Å². The second kappa shape index (κ2) is 7.83. The minimum atomic E-state index is -0.402. The number of carbonyl (C=O) groups is 1. The largest absolute Gasteiger partial charge is 0.331 e. The fourth-order valence-electron chi connectivity index (χ4n) is 2.20. The zero-order valence-electron chi connectivity index (χ0n) is 10.4. The molecule has 17 heavy (non-hydrogen) atoms. The van der Waals surface area contributed by atoms with Gasteiger partial charge in [-0.3, -0.25) is 0 Å². The predicted molar refractivity (Wildman–Crippen MR) is 65.2 cm³/mol. The molecular formula is C13H20N2O2. The van der Waals surface area contributed by atoms with Gasteiger partial charge in [0.25, 0.3) is 0 Å². The van der Waals surface area contributed by atoms with Crippen molar-refractivity contribution in [2.24, 2.45) is 17.0 Å². The van der Waals surface area contributed by atoms with Crippen LogP contribution in [0.25, 0.3) is 0 Å². The van der Waals surface area contributed by atoms with Crippen molar-refractivity contribution in [1.29, 1.82) is 5.26 Å². The third-order valence-corrected chi connectivity index (χ3v) is 3.10. The van der Waals surface area contributed by atoms with E-state index < -0.39 is 5.97 Å². The van der Waals surface area contributed by atoms with Gasteiger partial charge in [0.15, 0.2) is 0 Å². The van der Waals surface area contributed by atoms with Gasteiger partial charge in [0, 0.05) is 19.1 Å². The van der Waals surface area contributed by atoms with Gasteiger partial charge < -0.3 is 4.84 Å². The van der Waals surface area contributed by atoms with Gasteiger partial charge in [-0.25, -0.2) is 4.79 Å². The van der Waals surface area contributed by atoms with Crippen LogP contribution in [0.15, 0.2) is 5.16 Å². The van der Waals surface area contributed by atoms with Crippen molar-refractivity contribution in [2.45, 2.75) is 51.9 Å². The summed E-state index contributed by atoms with van der Waals surface area (Å²) in [5.41, 5.74) is 0. The first-order valence-corrected chi connectivity index (χ1v) is 6.33. The zero-order chi connectivity index (χ0) is 12.5. The lowest BCUT2D eigenvalue weighted by Gasteiger charge is -2.13. The van der Waals surface area contributed by atoms with E-state index in [1.807, 2.05) is 0 Å². The summed E-state index contributed by atoms with van der Waals surface area (Å²) in [7, 11) is 0. The van der Waals surface area contributed by atoms with Crippen LogP contribution in [0.3, 0.4) is 0 Å². The van der Waals surface area contributed by atoms with E-state index in [0.717, 1.165) is 32.1 Å². The predicted octanol–water partition coefficient (Wildman–Crippen LogP) is 3.04. The monoisotopic (exact) mass is 236 g/mol. The molecule has 4 nitrogen and oxygen atoms in total. The molecule has 1 rings (SSSR count). The highest BCUT2D eigenvalue weighted by Crippen LogP contribution is 2.24. The zero-order valence-corrected chi connectivity index (χ0v) is 10.4. The van der Waals surface area contributed by atoms with Crippen molar-refractivity contribution in [3.63, 3.8) is 0 Å². The van der Waals surface area contributed by atoms with E-state index in [9.17, 15) is 4.79 Å². The average Bonchev–Trinajstić information content (AvgIpc) is 2.40. The Morgan fingerprint density at radius 1 is 1.35 bits per heavy atom. The van der Waals surface area contributed by atoms with Crippen LogP contribution in [0.1, 0.15) is 51.9 Å². The molecule has 0 N–H and O–H groups in total. The molecule has 94 valence electrons. The molecular weight excluding hydrogens is 216 g/mol. The van der Waals surface area contributed by atoms with Crippen molar-refractivity contribution in [3.8, 4) is 6.07 Å². The molecule has 1 aliphatic rings. The molecule has 2 unspecified atom stereocenters. The standard InChI is InChI=1S/C13H20N2O2/c1-11(16)17-15-10-13-7-5-3-2-4-6-12(8-13)9-14/h10,12-13H,2-8H2,1H3/b15-10+. The van der Waals surface area contributed by atoms with Crippen LogP contribution >= 0.6 is 0 Å². The summed E-state index contributed by atoms with van der Waals surface area (Å²) in [6.07, 6.45) is 9.28. The molecule has 0 amide bonds. The Morgan fingerprint density at radius 2 is 2.06 bits per heavy atom. The van der Waals surface area contributed by atoms with Gasteiger partial charge in [0.05, 0.1) is 6.07 Å². The minimum Gasteiger partial charge on any atom is -0.319 e. The van der Waals surface area contributed by atoms with Crippen LogP contribution in [0.5, 0.6) is 0 Å². The first-order valence-electron chi connectivity index (χ1n) is 6.33. The van der Waals surface area contributed by atoms with Crippen LogP contribution in [-0.4, -0.2) is 12.2 Å². The summed E-state index contributed by atoms with van der Waals surface area (Å²) in [5, 5.41) is 12.7. The normalized spacial score (nSPS) is 26.6. The van der Waals surface area contributed by atoms with Crippen molar-refractivity contribution >= 4 is 12.2 Å². The van der Waals surface area contributed by atoms with E-state index >= 15 is 0 Å². The SMILES string of the molecule is CC(=O)O/N=C/C1CCCCCCC(C#N)C1. The van der Waals surface area contributed by atoms with Gasteiger partial charge >= 0.3 is 5.97 Å². The molecule has 1 fully saturated rings. The fourth-order valence-corrected chi connectivity index (χ4v) is 2.20. The lowest BCUT2D eigenvalue weighted by Crippen LogP contribution is -2.09. The molecule has 0 saturated heterocycles. The molecule has 1 saturated carbocycles. The first-order chi connectivity index (χ1) is 8.22. The Balaban J connectivity index is 2.50. The van der Waals surface area contributed by atoms with Crippen LogP contribution < -0.4 is 0 Å². The van der Waals surface area contributed by atoms with E-state index in [1.54, 1.807) is 6.21 Å². The molecule has 0 bridgehead atoms. The van der Waals surface area contributed by atoms with Gasteiger partial charge in [-0.2, -0.15) is 5.26 Å². The molecule has 0 spiro atoms. The molecule has 0 heterocycles. The summed E-state index contributed by atoms with van der Waals surface area (Å²) in [6, 6.07) is 2.36. The van der Waals surface area contributed by atoms with Crippen LogP contribution in [0.2, 0.25) is 0 Å². The maximum absolute atomic E-state index is 10.6. The van der Waals surface area contributed by atoms with E-state index in [0.29, 0.717) is 0 Å². The van der Waals surface area contributed by atoms with E-state index in [1.165, 1.54) is 19.8 Å². The minimum absolute atomic E-state index is 0.113. The molecule has 0 aromatic rings. The third-order valence-electron chi connectivity index (χ3n) is 3.10. The van der Waals surface area contributed by atoms with E-state index in [-0.39, 0.29) is 11.8 Å². The molecule has 0 aromatic heterocycles. The molecule has 0 aromatic carbocycles. The number of nitriles is 1. The number of rotatable bonds is 2. The Labute approximate surface area is 103 Å². The summed E-state index contributed by atoms with van der Waals surface area (Å²) in [4.78, 5) is 15.2. The Hall–Kier alpha value is -1.37. The Bertz CT molecular complexity index is 307. The number of hydrogen-bond acceptors (Lipinski definition) is 4. The maximum Gasteiger partial charge on any atom is 0.331 e. The van der Waals surface area contributed by atoms with Gasteiger partial charge in [0.1, 0.15) is 0 Å². The third kappa shape index (κ3) is 6.06. The second-order valence-electron chi connectivity index (χ2n) is 4.65. The molecule has 1 aliphatic carbocycles. The fraction of sp³-hybridized carbons (Fsp3) is 0.769. The first kappa shape index (κ1) is 13.7. The molecule has 0 aliphatic heterocycles. The summed E-state index contributed by atoms with van der Waals surface area (Å²) in [6.45, 7) is 1.33. The lowest BCUT2D eigenvalue weighted by atomic mass is 9.91. The molecule has 4 heteroatoms. The highest BCUT2D eigenvalue weighted by molar-refractivity contribution is 5.67. The summed E-state index contributed by atoms with van der Waals surface area (Å²) in [5.74, 6) is -0.0277.